The minimum Gasteiger partial charge on any atom is -0.339 e. The average Bonchev–Trinajstić information content (AvgIpc) is 2.34. The minimum atomic E-state index is -4.71. The molecule has 0 aliphatic carbocycles. The van der Waals surface area contributed by atoms with Gasteiger partial charge in [-0.3, -0.25) is 0 Å². The van der Waals surface area contributed by atoms with Crippen molar-refractivity contribution in [1.29, 1.82) is 0 Å². The molecular formula is C14H22F3N2O2S+. The molecule has 0 unspecified atom stereocenters. The first-order valence-corrected chi connectivity index (χ1v) is 8.28. The molecule has 126 valence electrons. The van der Waals surface area contributed by atoms with Crippen LogP contribution in [0, 0.1) is 5.41 Å². The maximum Gasteiger partial charge on any atom is 0.417 e. The molecule has 0 aliphatic heterocycles. The Morgan fingerprint density at radius 1 is 1.14 bits per heavy atom. The van der Waals surface area contributed by atoms with Crippen LogP contribution in [0.4, 0.5) is 13.2 Å². The van der Waals surface area contributed by atoms with Crippen LogP contribution >= 0.6 is 0 Å². The van der Waals surface area contributed by atoms with Crippen LogP contribution < -0.4 is 9.62 Å². The van der Waals surface area contributed by atoms with Crippen LogP contribution in [0.15, 0.2) is 29.2 Å². The van der Waals surface area contributed by atoms with E-state index in [1.165, 1.54) is 12.1 Å². The molecule has 2 N–H and O–H groups in total. The van der Waals surface area contributed by atoms with Crippen LogP contribution in [-0.4, -0.2) is 35.6 Å². The monoisotopic (exact) mass is 339 g/mol. The standard InChI is InChI=1S/C14H21F3N2O2S/c1-13(2,10-19(3)4)9-18-22(20,21)12-8-6-5-7-11(12)14(15,16)17/h5-8,18H,9-10H2,1-4H3/p+1. The molecule has 0 saturated carbocycles. The van der Waals surface area contributed by atoms with Crippen molar-refractivity contribution in [2.75, 3.05) is 27.2 Å². The number of quaternary nitrogens is 1. The fourth-order valence-electron chi connectivity index (χ4n) is 2.32. The van der Waals surface area contributed by atoms with Crippen LogP contribution in [0.25, 0.3) is 0 Å². The molecule has 1 rings (SSSR count). The van der Waals surface area contributed by atoms with E-state index in [0.29, 0.717) is 6.54 Å². The highest BCUT2D eigenvalue weighted by molar-refractivity contribution is 7.89. The van der Waals surface area contributed by atoms with Crippen molar-refractivity contribution in [3.05, 3.63) is 29.8 Å². The predicted octanol–water partition coefficient (Wildman–Crippen LogP) is 1.15. The summed E-state index contributed by atoms with van der Waals surface area (Å²) in [5, 5.41) is 0. The summed E-state index contributed by atoms with van der Waals surface area (Å²) in [5.41, 5.74) is -1.53. The van der Waals surface area contributed by atoms with Gasteiger partial charge in [-0.1, -0.05) is 26.0 Å². The maximum atomic E-state index is 12.9. The molecule has 22 heavy (non-hydrogen) atoms. The van der Waals surface area contributed by atoms with Gasteiger partial charge < -0.3 is 4.90 Å². The second kappa shape index (κ2) is 6.55. The first kappa shape index (κ1) is 18.9. The lowest BCUT2D eigenvalue weighted by Crippen LogP contribution is -3.07. The number of rotatable bonds is 6. The van der Waals surface area contributed by atoms with Crippen LogP contribution in [0.1, 0.15) is 19.4 Å². The van der Waals surface area contributed by atoms with Crippen molar-refractivity contribution in [2.45, 2.75) is 24.9 Å². The Bertz CT molecular complexity index is 611. The number of alkyl halides is 3. The van der Waals surface area contributed by atoms with Gasteiger partial charge in [0.2, 0.25) is 10.0 Å². The molecule has 0 spiro atoms. The quantitative estimate of drug-likeness (QED) is 0.817. The third-order valence-electron chi connectivity index (χ3n) is 3.05. The summed E-state index contributed by atoms with van der Waals surface area (Å²) in [7, 11) is -0.371. The zero-order valence-electron chi connectivity index (χ0n) is 13.1. The Kier molecular flexibility index (Phi) is 5.64. The summed E-state index contributed by atoms with van der Waals surface area (Å²) in [4.78, 5) is 0.385. The van der Waals surface area contributed by atoms with E-state index in [1.54, 1.807) is 0 Å². The van der Waals surface area contributed by atoms with Crippen molar-refractivity contribution in [2.24, 2.45) is 5.41 Å². The number of hydrogen-bond acceptors (Lipinski definition) is 2. The Hall–Kier alpha value is -1.12. The zero-order chi connectivity index (χ0) is 17.2. The largest absolute Gasteiger partial charge is 0.417 e. The van der Waals surface area contributed by atoms with Crippen molar-refractivity contribution >= 4 is 10.0 Å². The summed E-state index contributed by atoms with van der Waals surface area (Å²) in [6.07, 6.45) is -4.71. The molecule has 0 aromatic heterocycles. The third kappa shape index (κ3) is 5.26. The van der Waals surface area contributed by atoms with E-state index in [1.807, 2.05) is 27.9 Å². The number of sulfonamides is 1. The smallest absolute Gasteiger partial charge is 0.339 e. The predicted molar refractivity (Wildman–Crippen MR) is 78.1 cm³/mol. The molecule has 0 atom stereocenters. The summed E-state index contributed by atoms with van der Waals surface area (Å²) in [6, 6.07) is 4.18. The molecular weight excluding hydrogens is 317 g/mol. The normalized spacial score (nSPS) is 13.6. The van der Waals surface area contributed by atoms with Gasteiger partial charge in [0, 0.05) is 12.0 Å². The highest BCUT2D eigenvalue weighted by atomic mass is 32.2. The Labute approximate surface area is 129 Å². The van der Waals surface area contributed by atoms with E-state index in [-0.39, 0.29) is 12.0 Å². The molecule has 0 aliphatic rings. The van der Waals surface area contributed by atoms with Gasteiger partial charge in [0.1, 0.15) is 0 Å². The first-order valence-electron chi connectivity index (χ1n) is 6.80. The van der Waals surface area contributed by atoms with Crippen LogP contribution in [0.2, 0.25) is 0 Å². The van der Waals surface area contributed by atoms with E-state index in [2.05, 4.69) is 4.72 Å². The van der Waals surface area contributed by atoms with Gasteiger partial charge >= 0.3 is 6.18 Å². The molecule has 0 amide bonds. The second-order valence-electron chi connectivity index (χ2n) is 6.37. The number of hydrogen-bond donors (Lipinski definition) is 2. The van der Waals surface area contributed by atoms with Crippen LogP contribution in [-0.2, 0) is 16.2 Å². The number of nitrogens with one attached hydrogen (secondary N) is 2. The van der Waals surface area contributed by atoms with Crippen molar-refractivity contribution in [3.63, 3.8) is 0 Å². The van der Waals surface area contributed by atoms with Gasteiger partial charge in [-0.2, -0.15) is 13.2 Å². The highest BCUT2D eigenvalue weighted by Crippen LogP contribution is 2.33. The van der Waals surface area contributed by atoms with Crippen LogP contribution in [0.5, 0.6) is 0 Å². The van der Waals surface area contributed by atoms with E-state index in [4.69, 9.17) is 0 Å². The highest BCUT2D eigenvalue weighted by Gasteiger charge is 2.37. The molecule has 0 radical (unpaired) electrons. The fraction of sp³-hybridized carbons (Fsp3) is 0.571. The summed E-state index contributed by atoms with van der Waals surface area (Å²) < 4.78 is 65.5. The molecule has 0 saturated heterocycles. The molecule has 0 fully saturated rings. The number of halogens is 3. The summed E-state index contributed by atoms with van der Waals surface area (Å²) >= 11 is 0. The minimum absolute atomic E-state index is 0.0622. The molecule has 0 bridgehead atoms. The molecule has 4 nitrogen and oxygen atoms in total. The van der Waals surface area contributed by atoms with Gasteiger partial charge in [0.15, 0.2) is 0 Å². The first-order chi connectivity index (χ1) is 9.85. The van der Waals surface area contributed by atoms with Gasteiger partial charge in [-0.25, -0.2) is 13.1 Å². The zero-order valence-corrected chi connectivity index (χ0v) is 13.9. The van der Waals surface area contributed by atoms with E-state index in [9.17, 15) is 21.6 Å². The van der Waals surface area contributed by atoms with Gasteiger partial charge in [0.05, 0.1) is 31.1 Å². The van der Waals surface area contributed by atoms with Gasteiger partial charge in [0.25, 0.3) is 0 Å². The SMILES string of the molecule is C[NH+](C)CC(C)(C)CNS(=O)(=O)c1ccccc1C(F)(F)F. The Balaban J connectivity index is 3.02. The number of benzene rings is 1. The molecule has 1 aromatic carbocycles. The van der Waals surface area contributed by atoms with Crippen molar-refractivity contribution in [3.8, 4) is 0 Å². The van der Waals surface area contributed by atoms with E-state index >= 15 is 0 Å². The summed E-state index contributed by atoms with van der Waals surface area (Å²) in [6.45, 7) is 4.46. The topological polar surface area (TPSA) is 50.6 Å². The van der Waals surface area contributed by atoms with Crippen LogP contribution in [0.3, 0.4) is 0 Å². The van der Waals surface area contributed by atoms with Gasteiger partial charge in [-0.05, 0) is 12.1 Å². The lowest BCUT2D eigenvalue weighted by Gasteiger charge is -2.26. The maximum absolute atomic E-state index is 12.9. The lowest BCUT2D eigenvalue weighted by atomic mass is 9.93. The van der Waals surface area contributed by atoms with E-state index in [0.717, 1.165) is 17.0 Å². The molecule has 1 aromatic rings. The molecule has 0 heterocycles. The summed E-state index contributed by atoms with van der Waals surface area (Å²) in [5.74, 6) is 0. The second-order valence-corrected chi connectivity index (χ2v) is 8.10. The Morgan fingerprint density at radius 2 is 1.68 bits per heavy atom. The third-order valence-corrected chi connectivity index (χ3v) is 4.51. The van der Waals surface area contributed by atoms with Crippen molar-refractivity contribution < 1.29 is 26.5 Å². The fourth-order valence-corrected chi connectivity index (χ4v) is 3.79. The van der Waals surface area contributed by atoms with Crippen molar-refractivity contribution in [1.82, 2.24) is 4.72 Å². The van der Waals surface area contributed by atoms with E-state index < -0.39 is 26.7 Å². The van der Waals surface area contributed by atoms with Gasteiger partial charge in [-0.15, -0.1) is 0 Å². The molecule has 8 heteroatoms. The lowest BCUT2D eigenvalue weighted by molar-refractivity contribution is -0.865. The average molecular weight is 339 g/mol. The Morgan fingerprint density at radius 3 is 2.18 bits per heavy atom.